The second kappa shape index (κ2) is 4.85. The van der Waals surface area contributed by atoms with Crippen LogP contribution in [0.15, 0.2) is 6.07 Å². The van der Waals surface area contributed by atoms with Crippen LogP contribution >= 0.6 is 0 Å². The molecule has 15 heavy (non-hydrogen) atoms. The van der Waals surface area contributed by atoms with Gasteiger partial charge in [-0.25, -0.2) is 0 Å². The lowest BCUT2D eigenvalue weighted by Gasteiger charge is -2.12. The van der Waals surface area contributed by atoms with Gasteiger partial charge in [-0.1, -0.05) is 5.10 Å². The molecule has 0 spiro atoms. The molecule has 0 aromatic carbocycles. The van der Waals surface area contributed by atoms with Crippen molar-refractivity contribution in [3.8, 4) is 0 Å². The number of hydrogen-bond acceptors (Lipinski definition) is 5. The summed E-state index contributed by atoms with van der Waals surface area (Å²) >= 11 is 0. The number of likely N-dealkylation sites (N-methyl/N-ethyl adjacent to an activating group) is 1. The van der Waals surface area contributed by atoms with Gasteiger partial charge < -0.3 is 15.8 Å². The van der Waals surface area contributed by atoms with Gasteiger partial charge in [0.25, 0.3) is 0 Å². The fraction of sp³-hybridized carbons (Fsp3) is 0.625. The van der Waals surface area contributed by atoms with Crippen molar-refractivity contribution in [3.05, 3.63) is 21.9 Å². The lowest BCUT2D eigenvalue weighted by atomic mass is 10.4. The zero-order valence-corrected chi connectivity index (χ0v) is 8.88. The first-order valence-electron chi connectivity index (χ1n) is 4.60. The van der Waals surface area contributed by atoms with E-state index in [4.69, 9.17) is 5.73 Å². The Morgan fingerprint density at radius 2 is 2.40 bits per heavy atom. The Bertz CT molecular complexity index is 349. The van der Waals surface area contributed by atoms with Gasteiger partial charge in [-0.2, -0.15) is 0 Å². The highest BCUT2D eigenvalue weighted by atomic mass is 16.6. The second-order valence-corrected chi connectivity index (χ2v) is 3.40. The summed E-state index contributed by atoms with van der Waals surface area (Å²) in [6.07, 6.45) is 0. The minimum atomic E-state index is -0.445. The molecule has 0 fully saturated rings. The van der Waals surface area contributed by atoms with Crippen LogP contribution in [-0.4, -0.2) is 39.7 Å². The minimum absolute atomic E-state index is 0.00569. The molecule has 0 radical (unpaired) electrons. The Morgan fingerprint density at radius 3 is 2.87 bits per heavy atom. The first-order chi connectivity index (χ1) is 7.04. The summed E-state index contributed by atoms with van der Waals surface area (Å²) in [5.41, 5.74) is 6.07. The van der Waals surface area contributed by atoms with Crippen LogP contribution in [0.5, 0.6) is 0 Å². The molecular weight excluding hydrogens is 198 g/mol. The zero-order chi connectivity index (χ0) is 11.4. The van der Waals surface area contributed by atoms with Crippen molar-refractivity contribution < 1.29 is 4.92 Å². The predicted octanol–water partition coefficient (Wildman–Crippen LogP) is -0.281. The molecule has 0 unspecified atom stereocenters. The Balaban J connectivity index is 2.71. The van der Waals surface area contributed by atoms with Crippen LogP contribution in [0, 0.1) is 10.1 Å². The molecule has 84 valence electrons. The quantitative estimate of drug-likeness (QED) is 0.536. The third-order valence-electron chi connectivity index (χ3n) is 2.04. The van der Waals surface area contributed by atoms with Crippen molar-refractivity contribution in [2.45, 2.75) is 6.54 Å². The molecule has 2 N–H and O–H groups in total. The van der Waals surface area contributed by atoms with Crippen LogP contribution in [-0.2, 0) is 13.6 Å². The highest BCUT2D eigenvalue weighted by Crippen LogP contribution is 2.12. The van der Waals surface area contributed by atoms with E-state index in [2.05, 4.69) is 5.10 Å². The molecule has 7 heteroatoms. The van der Waals surface area contributed by atoms with E-state index >= 15 is 0 Å². The van der Waals surface area contributed by atoms with Gasteiger partial charge in [0.1, 0.15) is 12.7 Å². The fourth-order valence-corrected chi connectivity index (χ4v) is 1.34. The maximum absolute atomic E-state index is 10.6. The van der Waals surface area contributed by atoms with Gasteiger partial charge in [0, 0.05) is 19.6 Å². The summed E-state index contributed by atoms with van der Waals surface area (Å²) in [5.74, 6) is 0.00569. The van der Waals surface area contributed by atoms with Crippen molar-refractivity contribution in [2.75, 3.05) is 20.1 Å². The van der Waals surface area contributed by atoms with E-state index in [9.17, 15) is 10.1 Å². The maximum Gasteiger partial charge on any atom is 0.344 e. The molecule has 0 saturated carbocycles. The van der Waals surface area contributed by atoms with Crippen LogP contribution in [0.2, 0.25) is 0 Å². The van der Waals surface area contributed by atoms with E-state index < -0.39 is 4.92 Å². The number of nitrogens with zero attached hydrogens (tertiary/aromatic N) is 4. The Labute approximate surface area is 87.6 Å². The van der Waals surface area contributed by atoms with Gasteiger partial charge in [-0.15, -0.1) is 4.68 Å². The van der Waals surface area contributed by atoms with Gasteiger partial charge >= 0.3 is 5.82 Å². The molecule has 1 heterocycles. The largest absolute Gasteiger partial charge is 0.358 e. The van der Waals surface area contributed by atoms with Gasteiger partial charge in [-0.3, -0.25) is 4.90 Å². The second-order valence-electron chi connectivity index (χ2n) is 3.40. The standard InChI is InChI=1S/C8H15N5O2/c1-11(4-3-9)6-7-5-8(13(14)15)12(2)10-7/h5H,3-4,6,9H2,1-2H3. The van der Waals surface area contributed by atoms with Crippen molar-refractivity contribution in [1.82, 2.24) is 14.7 Å². The molecule has 1 aromatic rings. The Hall–Kier alpha value is -1.47. The first-order valence-corrected chi connectivity index (χ1v) is 4.60. The summed E-state index contributed by atoms with van der Waals surface area (Å²) in [7, 11) is 3.46. The van der Waals surface area contributed by atoms with E-state index in [0.717, 1.165) is 6.54 Å². The summed E-state index contributed by atoms with van der Waals surface area (Å²) in [4.78, 5) is 12.1. The van der Waals surface area contributed by atoms with Crippen LogP contribution < -0.4 is 5.73 Å². The molecule has 0 saturated heterocycles. The molecule has 7 nitrogen and oxygen atoms in total. The third kappa shape index (κ3) is 3.00. The molecule has 1 aromatic heterocycles. The fourth-order valence-electron chi connectivity index (χ4n) is 1.34. The summed E-state index contributed by atoms with van der Waals surface area (Å²) in [6, 6.07) is 1.48. The lowest BCUT2D eigenvalue weighted by Crippen LogP contribution is -2.25. The van der Waals surface area contributed by atoms with Crippen molar-refractivity contribution in [3.63, 3.8) is 0 Å². The van der Waals surface area contributed by atoms with E-state index in [1.165, 1.54) is 10.7 Å². The van der Waals surface area contributed by atoms with Crippen molar-refractivity contribution in [2.24, 2.45) is 12.8 Å². The van der Waals surface area contributed by atoms with Crippen molar-refractivity contribution in [1.29, 1.82) is 0 Å². The van der Waals surface area contributed by atoms with E-state index in [0.29, 0.717) is 18.8 Å². The molecule has 0 amide bonds. The van der Waals surface area contributed by atoms with Crippen molar-refractivity contribution >= 4 is 5.82 Å². The highest BCUT2D eigenvalue weighted by Gasteiger charge is 2.15. The van der Waals surface area contributed by atoms with E-state index in [-0.39, 0.29) is 5.82 Å². The maximum atomic E-state index is 10.6. The monoisotopic (exact) mass is 213 g/mol. The number of aromatic nitrogens is 2. The predicted molar refractivity (Wildman–Crippen MR) is 55.3 cm³/mol. The average molecular weight is 213 g/mol. The van der Waals surface area contributed by atoms with Crippen LogP contribution in [0.1, 0.15) is 5.69 Å². The lowest BCUT2D eigenvalue weighted by molar-refractivity contribution is -0.392. The zero-order valence-electron chi connectivity index (χ0n) is 8.88. The molecular formula is C8H15N5O2. The minimum Gasteiger partial charge on any atom is -0.358 e. The molecule has 0 atom stereocenters. The molecule has 0 aliphatic carbocycles. The van der Waals surface area contributed by atoms with Crippen LogP contribution in [0.4, 0.5) is 5.82 Å². The topological polar surface area (TPSA) is 90.2 Å². The molecule has 0 aliphatic rings. The first kappa shape index (κ1) is 11.6. The number of nitro groups is 1. The van der Waals surface area contributed by atoms with Gasteiger partial charge in [0.2, 0.25) is 0 Å². The number of rotatable bonds is 5. The number of hydrogen-bond donors (Lipinski definition) is 1. The normalized spacial score (nSPS) is 10.9. The third-order valence-corrected chi connectivity index (χ3v) is 2.04. The Morgan fingerprint density at radius 1 is 1.73 bits per heavy atom. The molecule has 0 aliphatic heterocycles. The molecule has 0 bridgehead atoms. The van der Waals surface area contributed by atoms with Crippen LogP contribution in [0.3, 0.4) is 0 Å². The Kier molecular flexibility index (Phi) is 3.75. The summed E-state index contributed by atoms with van der Waals surface area (Å²) < 4.78 is 1.27. The highest BCUT2D eigenvalue weighted by molar-refractivity contribution is 5.22. The average Bonchev–Trinajstić information content (AvgIpc) is 2.47. The molecule has 1 rings (SSSR count). The van der Waals surface area contributed by atoms with Crippen LogP contribution in [0.25, 0.3) is 0 Å². The van der Waals surface area contributed by atoms with Gasteiger partial charge in [0.15, 0.2) is 0 Å². The van der Waals surface area contributed by atoms with E-state index in [1.54, 1.807) is 7.05 Å². The number of aryl methyl sites for hydroxylation is 1. The van der Waals surface area contributed by atoms with E-state index in [1.807, 2.05) is 11.9 Å². The van der Waals surface area contributed by atoms with Gasteiger partial charge in [-0.05, 0) is 12.0 Å². The van der Waals surface area contributed by atoms with Gasteiger partial charge in [0.05, 0.1) is 6.07 Å². The summed E-state index contributed by atoms with van der Waals surface area (Å²) in [5, 5.41) is 14.6. The summed E-state index contributed by atoms with van der Waals surface area (Å²) in [6.45, 7) is 1.87. The SMILES string of the molecule is CN(CCN)Cc1cc([N+](=O)[O-])n(C)n1. The smallest absolute Gasteiger partial charge is 0.344 e. The number of nitrogens with two attached hydrogens (primary N) is 1.